The number of hydrogen-bond acceptors (Lipinski definition) is 1. The van der Waals surface area contributed by atoms with Crippen molar-refractivity contribution in [2.75, 3.05) is 18.5 Å². The van der Waals surface area contributed by atoms with Crippen molar-refractivity contribution in [2.45, 2.75) is 63.7 Å². The van der Waals surface area contributed by atoms with Gasteiger partial charge < -0.3 is 4.90 Å². The molecule has 0 N–H and O–H groups in total. The predicted octanol–water partition coefficient (Wildman–Crippen LogP) is 7.19. The van der Waals surface area contributed by atoms with Crippen LogP contribution in [0.3, 0.4) is 0 Å². The van der Waals surface area contributed by atoms with Gasteiger partial charge in [0.05, 0.1) is 0 Å². The summed E-state index contributed by atoms with van der Waals surface area (Å²) in [6, 6.07) is 15.8. The molecule has 2 aromatic rings. The number of anilines is 1. The minimum absolute atomic E-state index is 0.680. The van der Waals surface area contributed by atoms with Gasteiger partial charge in [-0.25, -0.2) is 0 Å². The van der Waals surface area contributed by atoms with Crippen LogP contribution in [0.2, 0.25) is 5.02 Å². The van der Waals surface area contributed by atoms with E-state index in [0.717, 1.165) is 23.9 Å². The van der Waals surface area contributed by atoms with Gasteiger partial charge in [0.25, 0.3) is 0 Å². The zero-order chi connectivity index (χ0) is 18.8. The van der Waals surface area contributed by atoms with Crippen molar-refractivity contribution in [1.29, 1.82) is 0 Å². The van der Waals surface area contributed by atoms with Gasteiger partial charge in [-0.15, -0.1) is 0 Å². The predicted molar refractivity (Wildman–Crippen MR) is 117 cm³/mol. The highest BCUT2D eigenvalue weighted by atomic mass is 35.5. The van der Waals surface area contributed by atoms with Crippen molar-refractivity contribution >= 4 is 17.3 Å². The summed E-state index contributed by atoms with van der Waals surface area (Å²) in [6.45, 7) is 3.37. The monoisotopic (exact) mass is 381 g/mol. The average Bonchev–Trinajstić information content (AvgIpc) is 3.47. The van der Waals surface area contributed by atoms with E-state index >= 15 is 0 Å². The van der Waals surface area contributed by atoms with E-state index in [9.17, 15) is 0 Å². The summed E-state index contributed by atoms with van der Waals surface area (Å²) in [5.41, 5.74) is 5.67. The highest BCUT2D eigenvalue weighted by molar-refractivity contribution is 6.31. The Balaban J connectivity index is 1.40. The number of nitrogens with zero attached hydrogens (tertiary/aromatic N) is 1. The molecule has 4 rings (SSSR count). The smallest absolute Gasteiger partial charge is 0.0443 e. The molecule has 1 nitrogen and oxygen atoms in total. The van der Waals surface area contributed by atoms with E-state index in [1.165, 1.54) is 60.9 Å². The summed E-state index contributed by atoms with van der Waals surface area (Å²) < 4.78 is 0. The normalized spacial score (nSPS) is 22.6. The minimum atomic E-state index is 0.680. The van der Waals surface area contributed by atoms with Crippen LogP contribution in [-0.2, 0) is 6.42 Å². The van der Waals surface area contributed by atoms with Crippen LogP contribution in [0.4, 0.5) is 5.69 Å². The number of halogens is 1. The first kappa shape index (κ1) is 18.9. The Morgan fingerprint density at radius 2 is 1.81 bits per heavy atom. The molecule has 0 saturated heterocycles. The Labute approximate surface area is 169 Å². The van der Waals surface area contributed by atoms with E-state index in [4.69, 9.17) is 11.6 Å². The molecule has 2 saturated carbocycles. The van der Waals surface area contributed by atoms with Gasteiger partial charge in [0.1, 0.15) is 0 Å². The number of rotatable bonds is 6. The standard InChI is InChI=1S/C25H32ClN/c1-3-18-9-7-8-12-25(18)27(2)17-21-15-23(21)20-13-14-22(24(26)16-20)19-10-5-4-6-11-19/h7-9,12-14,16,19,21,23H,3-6,10-11,15,17H2,1-2H3. The maximum atomic E-state index is 6.71. The summed E-state index contributed by atoms with van der Waals surface area (Å²) in [6.07, 6.45) is 9.12. The Morgan fingerprint density at radius 1 is 1.04 bits per heavy atom. The molecule has 0 aliphatic heterocycles. The first-order valence-corrected chi connectivity index (χ1v) is 11.1. The quantitative estimate of drug-likeness (QED) is 0.511. The lowest BCUT2D eigenvalue weighted by Gasteiger charge is -2.23. The average molecular weight is 382 g/mol. The second kappa shape index (κ2) is 8.27. The van der Waals surface area contributed by atoms with Gasteiger partial charge in [-0.2, -0.15) is 0 Å². The highest BCUT2D eigenvalue weighted by Gasteiger charge is 2.39. The van der Waals surface area contributed by atoms with Crippen LogP contribution in [0.5, 0.6) is 0 Å². The maximum absolute atomic E-state index is 6.71. The van der Waals surface area contributed by atoms with E-state index in [1.807, 2.05) is 0 Å². The summed E-state index contributed by atoms with van der Waals surface area (Å²) in [5.74, 6) is 2.11. The van der Waals surface area contributed by atoms with Crippen LogP contribution >= 0.6 is 11.6 Å². The fraction of sp³-hybridized carbons (Fsp3) is 0.520. The lowest BCUT2D eigenvalue weighted by atomic mass is 9.83. The molecule has 2 aliphatic rings. The topological polar surface area (TPSA) is 3.24 Å². The molecule has 0 aromatic heterocycles. The van der Waals surface area contributed by atoms with Gasteiger partial charge >= 0.3 is 0 Å². The SMILES string of the molecule is CCc1ccccc1N(C)CC1CC1c1ccc(C2CCCCC2)c(Cl)c1. The molecule has 0 spiro atoms. The molecule has 144 valence electrons. The molecule has 0 amide bonds. The first-order chi connectivity index (χ1) is 13.2. The van der Waals surface area contributed by atoms with E-state index in [0.29, 0.717) is 11.8 Å². The van der Waals surface area contributed by atoms with Gasteiger partial charge in [-0.05, 0) is 72.3 Å². The third kappa shape index (κ3) is 4.19. The van der Waals surface area contributed by atoms with Crippen LogP contribution in [0, 0.1) is 5.92 Å². The molecule has 2 aliphatic carbocycles. The second-order valence-electron chi connectivity index (χ2n) is 8.58. The molecular weight excluding hydrogens is 350 g/mol. The number of aryl methyl sites for hydroxylation is 1. The number of para-hydroxylation sites is 1. The molecule has 2 atom stereocenters. The highest BCUT2D eigenvalue weighted by Crippen LogP contribution is 2.49. The van der Waals surface area contributed by atoms with Gasteiger partial charge in [-0.3, -0.25) is 0 Å². The Morgan fingerprint density at radius 3 is 2.56 bits per heavy atom. The molecular formula is C25H32ClN. The number of benzene rings is 2. The van der Waals surface area contributed by atoms with Crippen molar-refractivity contribution in [3.05, 3.63) is 64.2 Å². The molecule has 0 bridgehead atoms. The molecule has 27 heavy (non-hydrogen) atoms. The number of hydrogen-bond donors (Lipinski definition) is 0. The van der Waals surface area contributed by atoms with Crippen LogP contribution in [0.25, 0.3) is 0 Å². The van der Waals surface area contributed by atoms with E-state index in [-0.39, 0.29) is 0 Å². The van der Waals surface area contributed by atoms with Gasteiger partial charge in [0.2, 0.25) is 0 Å². The molecule has 2 heteroatoms. The van der Waals surface area contributed by atoms with Gasteiger partial charge in [-0.1, -0.05) is 68.1 Å². The zero-order valence-electron chi connectivity index (χ0n) is 16.8. The molecule has 2 unspecified atom stereocenters. The Bertz CT molecular complexity index is 778. The van der Waals surface area contributed by atoms with Crippen molar-refractivity contribution < 1.29 is 0 Å². The van der Waals surface area contributed by atoms with Crippen molar-refractivity contribution in [3.63, 3.8) is 0 Å². The Hall–Kier alpha value is -1.47. The zero-order valence-corrected chi connectivity index (χ0v) is 17.5. The van der Waals surface area contributed by atoms with Crippen molar-refractivity contribution in [1.82, 2.24) is 0 Å². The van der Waals surface area contributed by atoms with Crippen LogP contribution in [-0.4, -0.2) is 13.6 Å². The van der Waals surface area contributed by atoms with E-state index in [1.54, 1.807) is 0 Å². The summed E-state index contributed by atoms with van der Waals surface area (Å²) >= 11 is 6.71. The summed E-state index contributed by atoms with van der Waals surface area (Å²) in [7, 11) is 2.24. The van der Waals surface area contributed by atoms with E-state index < -0.39 is 0 Å². The molecule has 2 aromatic carbocycles. The third-order valence-electron chi connectivity index (χ3n) is 6.71. The van der Waals surface area contributed by atoms with Crippen molar-refractivity contribution in [2.24, 2.45) is 5.92 Å². The fourth-order valence-corrected chi connectivity index (χ4v) is 5.35. The van der Waals surface area contributed by atoms with Crippen LogP contribution in [0.15, 0.2) is 42.5 Å². The largest absolute Gasteiger partial charge is 0.374 e. The van der Waals surface area contributed by atoms with Gasteiger partial charge in [0, 0.05) is 24.3 Å². The summed E-state index contributed by atoms with van der Waals surface area (Å²) in [5, 5.41) is 1.01. The van der Waals surface area contributed by atoms with Gasteiger partial charge in [0.15, 0.2) is 0 Å². The lowest BCUT2D eigenvalue weighted by Crippen LogP contribution is -2.21. The third-order valence-corrected chi connectivity index (χ3v) is 7.04. The Kier molecular flexibility index (Phi) is 5.78. The second-order valence-corrected chi connectivity index (χ2v) is 8.99. The van der Waals surface area contributed by atoms with E-state index in [2.05, 4.69) is 61.3 Å². The first-order valence-electron chi connectivity index (χ1n) is 10.8. The van der Waals surface area contributed by atoms with Crippen LogP contribution < -0.4 is 4.90 Å². The minimum Gasteiger partial charge on any atom is -0.374 e. The fourth-order valence-electron chi connectivity index (χ4n) is 5.01. The van der Waals surface area contributed by atoms with Crippen molar-refractivity contribution in [3.8, 4) is 0 Å². The van der Waals surface area contributed by atoms with Crippen LogP contribution in [0.1, 0.15) is 74.0 Å². The molecule has 0 heterocycles. The molecule has 2 fully saturated rings. The molecule has 0 radical (unpaired) electrons. The lowest BCUT2D eigenvalue weighted by molar-refractivity contribution is 0.443. The maximum Gasteiger partial charge on any atom is 0.0443 e. The summed E-state index contributed by atoms with van der Waals surface area (Å²) in [4.78, 5) is 2.45.